The number of hydrogen-bond donors (Lipinski definition) is 0. The quantitative estimate of drug-likeness (QED) is 0.571. The number of hydrogen-bond acceptors (Lipinski definition) is 4. The van der Waals surface area contributed by atoms with Crippen molar-refractivity contribution in [2.45, 2.75) is 16.7 Å². The summed E-state index contributed by atoms with van der Waals surface area (Å²) in [6.45, 7) is 1.53. The highest BCUT2D eigenvalue weighted by Crippen LogP contribution is 2.30. The Morgan fingerprint density at radius 3 is 2.55 bits per heavy atom. The van der Waals surface area contributed by atoms with Gasteiger partial charge >= 0.3 is 0 Å². The molecule has 2 aromatic carbocycles. The summed E-state index contributed by atoms with van der Waals surface area (Å²) in [5, 5.41) is 0. The van der Waals surface area contributed by atoms with Crippen LogP contribution in [0.15, 0.2) is 58.3 Å². The van der Waals surface area contributed by atoms with Gasteiger partial charge in [0.2, 0.25) is 0 Å². The lowest BCUT2D eigenvalue weighted by Gasteiger charge is -2.09. The summed E-state index contributed by atoms with van der Waals surface area (Å²) in [4.78, 5) is 13.2. The van der Waals surface area contributed by atoms with Crippen molar-refractivity contribution in [3.63, 3.8) is 0 Å². The first kappa shape index (κ1) is 16.8. The molecule has 0 bridgehead atoms. The van der Waals surface area contributed by atoms with Gasteiger partial charge in [-0.2, -0.15) is 0 Å². The Bertz CT molecular complexity index is 669. The van der Waals surface area contributed by atoms with E-state index >= 15 is 0 Å². The van der Waals surface area contributed by atoms with E-state index < -0.39 is 10.8 Å². The van der Waals surface area contributed by atoms with Crippen LogP contribution >= 0.6 is 11.8 Å². The molecule has 1 atom stereocenters. The van der Waals surface area contributed by atoms with E-state index in [0.717, 1.165) is 15.5 Å². The minimum absolute atomic E-state index is 0.0139. The highest BCUT2D eigenvalue weighted by atomic mass is 32.2. The molecule has 22 heavy (non-hydrogen) atoms. The van der Waals surface area contributed by atoms with Gasteiger partial charge in [-0.05, 0) is 31.2 Å². The maximum Gasteiger partial charge on any atom is 0.159 e. The Balaban J connectivity index is 1.97. The number of ketones is 1. The van der Waals surface area contributed by atoms with Crippen LogP contribution in [-0.4, -0.2) is 28.6 Å². The summed E-state index contributed by atoms with van der Waals surface area (Å²) in [6, 6.07) is 14.9. The largest absolute Gasteiger partial charge is 0.496 e. The van der Waals surface area contributed by atoms with E-state index in [1.165, 1.54) is 6.92 Å². The van der Waals surface area contributed by atoms with Crippen LogP contribution in [0.4, 0.5) is 0 Å². The second kappa shape index (κ2) is 8.15. The summed E-state index contributed by atoms with van der Waals surface area (Å²) in [6.07, 6.45) is 0. The molecular weight excluding hydrogens is 316 g/mol. The second-order valence-corrected chi connectivity index (χ2v) is 7.34. The lowest BCUT2D eigenvalue weighted by Crippen LogP contribution is -2.01. The molecule has 0 aliphatic carbocycles. The lowest BCUT2D eigenvalue weighted by molar-refractivity contribution is 0.101. The zero-order valence-electron chi connectivity index (χ0n) is 12.6. The molecule has 5 heteroatoms. The minimum Gasteiger partial charge on any atom is -0.496 e. The third-order valence-corrected chi connectivity index (χ3v) is 5.79. The average molecular weight is 334 g/mol. The first-order chi connectivity index (χ1) is 10.6. The first-order valence-corrected chi connectivity index (χ1v) is 9.17. The van der Waals surface area contributed by atoms with E-state index in [-0.39, 0.29) is 5.78 Å². The highest BCUT2D eigenvalue weighted by Gasteiger charge is 2.09. The molecule has 0 fully saturated rings. The molecule has 0 aliphatic heterocycles. The Morgan fingerprint density at radius 1 is 1.18 bits per heavy atom. The molecule has 0 saturated carbocycles. The van der Waals surface area contributed by atoms with Gasteiger partial charge in [-0.3, -0.25) is 9.00 Å². The Hall–Kier alpha value is -1.59. The average Bonchev–Trinajstić information content (AvgIpc) is 2.55. The minimum atomic E-state index is -0.993. The van der Waals surface area contributed by atoms with Gasteiger partial charge in [0.05, 0.1) is 17.9 Å². The van der Waals surface area contributed by atoms with Crippen molar-refractivity contribution >= 4 is 28.3 Å². The van der Waals surface area contributed by atoms with Gasteiger partial charge in [-0.1, -0.05) is 24.3 Å². The maximum absolute atomic E-state index is 12.2. The third kappa shape index (κ3) is 4.45. The van der Waals surface area contributed by atoms with Crippen LogP contribution in [0.5, 0.6) is 5.75 Å². The van der Waals surface area contributed by atoms with Gasteiger partial charge < -0.3 is 4.74 Å². The predicted molar refractivity (Wildman–Crippen MR) is 91.4 cm³/mol. The molecule has 0 saturated heterocycles. The van der Waals surface area contributed by atoms with Gasteiger partial charge in [-0.25, -0.2) is 0 Å². The molecule has 2 rings (SSSR count). The van der Waals surface area contributed by atoms with E-state index in [9.17, 15) is 9.00 Å². The number of rotatable bonds is 7. The number of carbonyl (C=O) groups is 1. The van der Waals surface area contributed by atoms with Gasteiger partial charge in [0.15, 0.2) is 5.78 Å². The summed E-state index contributed by atoms with van der Waals surface area (Å²) >= 11 is 1.59. The van der Waals surface area contributed by atoms with Crippen LogP contribution in [0.3, 0.4) is 0 Å². The molecule has 3 nitrogen and oxygen atoms in total. The number of carbonyl (C=O) groups excluding carboxylic acids is 1. The van der Waals surface area contributed by atoms with Crippen LogP contribution in [0.25, 0.3) is 0 Å². The Labute approximate surface area is 137 Å². The molecular formula is C17H18O3S2. The van der Waals surface area contributed by atoms with Gasteiger partial charge in [0.25, 0.3) is 0 Å². The Morgan fingerprint density at radius 2 is 1.91 bits per heavy atom. The standard InChI is InChI=1S/C17H18O3S2/c1-13(18)14-8-9-17(16(12-14)20-2)21-10-11-22(19)15-6-4-3-5-7-15/h3-9,12H,10-11H2,1-2H3/t22-/m1/s1. The van der Waals surface area contributed by atoms with Crippen molar-refractivity contribution in [2.24, 2.45) is 0 Å². The number of thioether (sulfide) groups is 1. The van der Waals surface area contributed by atoms with Crippen molar-refractivity contribution in [1.29, 1.82) is 0 Å². The third-order valence-electron chi connectivity index (χ3n) is 3.10. The van der Waals surface area contributed by atoms with E-state index in [1.807, 2.05) is 36.4 Å². The molecule has 0 N–H and O–H groups in total. The zero-order chi connectivity index (χ0) is 15.9. The fraction of sp³-hybridized carbons (Fsp3) is 0.235. The molecule has 2 aromatic rings. The number of methoxy groups -OCH3 is 1. The Kier molecular flexibility index (Phi) is 6.21. The summed E-state index contributed by atoms with van der Waals surface area (Å²) < 4.78 is 17.5. The molecule has 0 aliphatic rings. The van der Waals surface area contributed by atoms with E-state index in [4.69, 9.17) is 4.74 Å². The molecule has 0 amide bonds. The second-order valence-electron chi connectivity index (χ2n) is 4.63. The van der Waals surface area contributed by atoms with Crippen LogP contribution in [-0.2, 0) is 10.8 Å². The smallest absolute Gasteiger partial charge is 0.159 e. The zero-order valence-corrected chi connectivity index (χ0v) is 14.2. The van der Waals surface area contributed by atoms with Crippen LogP contribution in [0.2, 0.25) is 0 Å². The van der Waals surface area contributed by atoms with Gasteiger partial charge in [0.1, 0.15) is 5.75 Å². The maximum atomic E-state index is 12.2. The predicted octanol–water partition coefficient (Wildman–Crippen LogP) is 3.80. The molecule has 0 heterocycles. The highest BCUT2D eigenvalue weighted by molar-refractivity contribution is 8.00. The van der Waals surface area contributed by atoms with Gasteiger partial charge in [-0.15, -0.1) is 11.8 Å². The van der Waals surface area contributed by atoms with Crippen molar-refractivity contribution in [3.05, 3.63) is 54.1 Å². The topological polar surface area (TPSA) is 43.4 Å². The molecule has 0 unspecified atom stereocenters. The summed E-state index contributed by atoms with van der Waals surface area (Å²) in [5.74, 6) is 1.99. The van der Waals surface area contributed by atoms with Crippen LogP contribution < -0.4 is 4.74 Å². The lowest BCUT2D eigenvalue weighted by atomic mass is 10.1. The molecule has 0 spiro atoms. The van der Waals surface area contributed by atoms with Crippen molar-refractivity contribution in [3.8, 4) is 5.75 Å². The fourth-order valence-corrected chi connectivity index (χ4v) is 4.23. The summed E-state index contributed by atoms with van der Waals surface area (Å²) in [7, 11) is 0.596. The SMILES string of the molecule is COc1cc(C(C)=O)ccc1SCC[S@@](=O)c1ccccc1. The summed E-state index contributed by atoms with van der Waals surface area (Å²) in [5.41, 5.74) is 0.633. The van der Waals surface area contributed by atoms with Crippen molar-refractivity contribution < 1.29 is 13.7 Å². The normalized spacial score (nSPS) is 11.9. The van der Waals surface area contributed by atoms with Crippen molar-refractivity contribution in [2.75, 3.05) is 18.6 Å². The van der Waals surface area contributed by atoms with Crippen LogP contribution in [0.1, 0.15) is 17.3 Å². The van der Waals surface area contributed by atoms with Crippen molar-refractivity contribution in [1.82, 2.24) is 0 Å². The molecule has 116 valence electrons. The fourth-order valence-electron chi connectivity index (χ4n) is 1.92. The number of benzene rings is 2. The number of ether oxygens (including phenoxy) is 1. The van der Waals surface area contributed by atoms with E-state index in [0.29, 0.717) is 17.1 Å². The number of Topliss-reactive ketones (excluding diaryl/α,β-unsaturated/α-hetero) is 1. The van der Waals surface area contributed by atoms with E-state index in [2.05, 4.69) is 0 Å². The van der Waals surface area contributed by atoms with Crippen LogP contribution in [0, 0.1) is 0 Å². The molecule has 0 radical (unpaired) electrons. The first-order valence-electron chi connectivity index (χ1n) is 6.87. The molecule has 0 aromatic heterocycles. The monoisotopic (exact) mass is 334 g/mol. The van der Waals surface area contributed by atoms with E-state index in [1.54, 1.807) is 31.0 Å². The van der Waals surface area contributed by atoms with Gasteiger partial charge in [0, 0.05) is 26.9 Å².